The summed E-state index contributed by atoms with van der Waals surface area (Å²) in [6, 6.07) is 6.52. The maximum atomic E-state index is 12.5. The number of rotatable bonds is 3. The summed E-state index contributed by atoms with van der Waals surface area (Å²) < 4.78 is 31.8. The van der Waals surface area contributed by atoms with Crippen LogP contribution in [0.4, 0.5) is 0 Å². The fourth-order valence-corrected chi connectivity index (χ4v) is 3.51. The van der Waals surface area contributed by atoms with Gasteiger partial charge in [-0.3, -0.25) is 0 Å². The van der Waals surface area contributed by atoms with Crippen molar-refractivity contribution in [2.75, 3.05) is 32.9 Å². The third kappa shape index (κ3) is 4.29. The van der Waals surface area contributed by atoms with E-state index in [0.29, 0.717) is 39.1 Å². The molecular weight excluding hydrogens is 290 g/mol. The average molecular weight is 309 g/mol. The van der Waals surface area contributed by atoms with Crippen molar-refractivity contribution in [3.63, 3.8) is 0 Å². The molecule has 1 N–H and O–H groups in total. The molecule has 0 amide bonds. The summed E-state index contributed by atoms with van der Waals surface area (Å²) in [4.78, 5) is 0.275. The highest BCUT2D eigenvalue weighted by Gasteiger charge is 2.25. The van der Waals surface area contributed by atoms with Gasteiger partial charge in [0.15, 0.2) is 0 Å². The number of hydrogen-bond donors (Lipinski definition) is 1. The zero-order valence-electron chi connectivity index (χ0n) is 11.8. The van der Waals surface area contributed by atoms with Gasteiger partial charge in [-0.25, -0.2) is 8.42 Å². The molecule has 21 heavy (non-hydrogen) atoms. The van der Waals surface area contributed by atoms with E-state index in [1.165, 1.54) is 4.31 Å². The lowest BCUT2D eigenvalue weighted by atomic mass is 10.2. The molecule has 0 bridgehead atoms. The maximum absolute atomic E-state index is 12.5. The van der Waals surface area contributed by atoms with Crippen LogP contribution in [0.15, 0.2) is 29.2 Å². The maximum Gasteiger partial charge on any atom is 0.243 e. The normalized spacial score (nSPS) is 16.8. The van der Waals surface area contributed by atoms with E-state index in [-0.39, 0.29) is 11.5 Å². The molecule has 1 aromatic carbocycles. The van der Waals surface area contributed by atoms with Crippen molar-refractivity contribution < 1.29 is 18.3 Å². The first kappa shape index (κ1) is 16.0. The third-order valence-electron chi connectivity index (χ3n) is 3.14. The summed E-state index contributed by atoms with van der Waals surface area (Å²) in [6.07, 6.45) is 1.12. The Bertz CT molecular complexity index is 605. The molecule has 6 heteroatoms. The molecule has 0 spiro atoms. The van der Waals surface area contributed by atoms with Crippen molar-refractivity contribution in [2.45, 2.75) is 17.7 Å². The molecule has 0 aliphatic carbocycles. The molecule has 1 aromatic rings. The van der Waals surface area contributed by atoms with Gasteiger partial charge in [0.05, 0.1) is 18.1 Å². The van der Waals surface area contributed by atoms with Crippen LogP contribution in [0.25, 0.3) is 0 Å². The van der Waals surface area contributed by atoms with Gasteiger partial charge in [0.1, 0.15) is 0 Å². The largest absolute Gasteiger partial charge is 0.395 e. The predicted octanol–water partition coefficient (Wildman–Crippen LogP) is 0.832. The molecule has 0 saturated carbocycles. The lowest BCUT2D eigenvalue weighted by Gasteiger charge is -2.19. The zero-order valence-corrected chi connectivity index (χ0v) is 12.6. The van der Waals surface area contributed by atoms with Gasteiger partial charge in [-0.1, -0.05) is 11.8 Å². The van der Waals surface area contributed by atoms with Crippen LogP contribution in [-0.2, 0) is 14.8 Å². The van der Waals surface area contributed by atoms with E-state index in [9.17, 15) is 8.42 Å². The smallest absolute Gasteiger partial charge is 0.243 e. The Kier molecular flexibility index (Phi) is 5.76. The molecule has 1 heterocycles. The molecule has 1 aliphatic heterocycles. The topological polar surface area (TPSA) is 66.8 Å². The van der Waals surface area contributed by atoms with Crippen molar-refractivity contribution in [1.82, 2.24) is 4.31 Å². The summed E-state index contributed by atoms with van der Waals surface area (Å²) in [7, 11) is -3.46. The Balaban J connectivity index is 2.15. The molecule has 1 aliphatic rings. The number of benzene rings is 1. The molecule has 1 fully saturated rings. The monoisotopic (exact) mass is 309 g/mol. The van der Waals surface area contributed by atoms with E-state index >= 15 is 0 Å². The number of aliphatic hydroxyl groups excluding tert-OH is 1. The lowest BCUT2D eigenvalue weighted by Crippen LogP contribution is -2.33. The lowest BCUT2D eigenvalue weighted by molar-refractivity contribution is 0.148. The first-order chi connectivity index (χ1) is 10.1. The molecule has 0 radical (unpaired) electrons. The van der Waals surface area contributed by atoms with Gasteiger partial charge in [-0.05, 0) is 30.7 Å². The molecule has 5 nitrogen and oxygen atoms in total. The van der Waals surface area contributed by atoms with E-state index in [0.717, 1.165) is 5.56 Å². The molecule has 1 saturated heterocycles. The first-order valence-corrected chi connectivity index (χ1v) is 8.36. The van der Waals surface area contributed by atoms with Gasteiger partial charge < -0.3 is 9.84 Å². The Labute approximate surface area is 125 Å². The van der Waals surface area contributed by atoms with Crippen LogP contribution in [0.5, 0.6) is 0 Å². The standard InChI is InChI=1S/C15H19NO4S/c17-11-2-1-4-14-5-7-15(8-6-14)21(18,19)16-9-3-12-20-13-10-16/h5-8,17H,2-3,9-13H2. The second-order valence-corrected chi connectivity index (χ2v) is 6.61. The molecular formula is C15H19NO4S. The van der Waals surface area contributed by atoms with Crippen molar-refractivity contribution in [1.29, 1.82) is 0 Å². The van der Waals surface area contributed by atoms with Crippen molar-refractivity contribution >= 4 is 10.0 Å². The van der Waals surface area contributed by atoms with Crippen molar-refractivity contribution in [3.8, 4) is 11.8 Å². The van der Waals surface area contributed by atoms with E-state index in [1.54, 1.807) is 24.3 Å². The molecule has 2 rings (SSSR count). The van der Waals surface area contributed by atoms with E-state index in [1.807, 2.05) is 0 Å². The van der Waals surface area contributed by atoms with Crippen LogP contribution in [0.1, 0.15) is 18.4 Å². The Morgan fingerprint density at radius 1 is 1.19 bits per heavy atom. The number of ether oxygens (including phenoxy) is 1. The minimum Gasteiger partial charge on any atom is -0.395 e. The van der Waals surface area contributed by atoms with Gasteiger partial charge in [0.25, 0.3) is 0 Å². The Hall–Kier alpha value is -1.39. The summed E-state index contributed by atoms with van der Waals surface area (Å²) in [6.45, 7) is 1.94. The molecule has 0 unspecified atom stereocenters. The van der Waals surface area contributed by atoms with Gasteiger partial charge >= 0.3 is 0 Å². The number of nitrogens with zero attached hydrogens (tertiary/aromatic N) is 1. The van der Waals surface area contributed by atoms with Gasteiger partial charge in [0, 0.05) is 31.7 Å². The summed E-state index contributed by atoms with van der Waals surface area (Å²) in [5, 5.41) is 8.66. The highest BCUT2D eigenvalue weighted by molar-refractivity contribution is 7.89. The Morgan fingerprint density at radius 3 is 2.67 bits per heavy atom. The van der Waals surface area contributed by atoms with Crippen LogP contribution >= 0.6 is 0 Å². The van der Waals surface area contributed by atoms with Crippen molar-refractivity contribution in [2.24, 2.45) is 0 Å². The summed E-state index contributed by atoms with van der Waals surface area (Å²) in [5.74, 6) is 5.68. The second kappa shape index (κ2) is 7.57. The van der Waals surface area contributed by atoms with E-state index in [4.69, 9.17) is 9.84 Å². The molecule has 0 atom stereocenters. The van der Waals surface area contributed by atoms with Crippen molar-refractivity contribution in [3.05, 3.63) is 29.8 Å². The number of aliphatic hydroxyl groups is 1. The van der Waals surface area contributed by atoms with Crippen LogP contribution < -0.4 is 0 Å². The van der Waals surface area contributed by atoms with Gasteiger partial charge in [0.2, 0.25) is 10.0 Å². The summed E-state index contributed by atoms with van der Waals surface area (Å²) >= 11 is 0. The minimum absolute atomic E-state index is 0.0243. The average Bonchev–Trinajstić information content (AvgIpc) is 2.78. The first-order valence-electron chi connectivity index (χ1n) is 6.92. The van der Waals surface area contributed by atoms with Crippen LogP contribution in [-0.4, -0.2) is 50.7 Å². The van der Waals surface area contributed by atoms with Crippen LogP contribution in [0, 0.1) is 11.8 Å². The molecule has 0 aromatic heterocycles. The van der Waals surface area contributed by atoms with E-state index < -0.39 is 10.0 Å². The van der Waals surface area contributed by atoms with Gasteiger partial charge in [-0.15, -0.1) is 0 Å². The van der Waals surface area contributed by atoms with Gasteiger partial charge in [-0.2, -0.15) is 4.31 Å². The third-order valence-corrected chi connectivity index (χ3v) is 5.06. The zero-order chi connectivity index (χ0) is 15.1. The van der Waals surface area contributed by atoms with Crippen LogP contribution in [0.3, 0.4) is 0 Å². The highest BCUT2D eigenvalue weighted by atomic mass is 32.2. The number of sulfonamides is 1. The Morgan fingerprint density at radius 2 is 1.95 bits per heavy atom. The fourth-order valence-electron chi connectivity index (χ4n) is 2.04. The second-order valence-electron chi connectivity index (χ2n) is 4.67. The summed E-state index contributed by atoms with van der Waals surface area (Å²) in [5.41, 5.74) is 0.738. The quantitative estimate of drug-likeness (QED) is 0.840. The SMILES string of the molecule is O=S(=O)(c1ccc(C#CCCO)cc1)N1CCCOCC1. The molecule has 114 valence electrons. The minimum atomic E-state index is -3.46. The van der Waals surface area contributed by atoms with Crippen LogP contribution in [0.2, 0.25) is 0 Å². The highest BCUT2D eigenvalue weighted by Crippen LogP contribution is 2.17. The number of hydrogen-bond acceptors (Lipinski definition) is 4. The van der Waals surface area contributed by atoms with E-state index in [2.05, 4.69) is 11.8 Å². The fraction of sp³-hybridized carbons (Fsp3) is 0.467. The predicted molar refractivity (Wildman–Crippen MR) is 79.2 cm³/mol.